The van der Waals surface area contributed by atoms with Crippen molar-refractivity contribution in [1.29, 1.82) is 0 Å². The van der Waals surface area contributed by atoms with Gasteiger partial charge in [-0.25, -0.2) is 0 Å². The van der Waals surface area contributed by atoms with E-state index in [0.29, 0.717) is 0 Å². The molecule has 2 aromatic heterocycles. The van der Waals surface area contributed by atoms with E-state index in [1.54, 1.807) is 0 Å². The van der Waals surface area contributed by atoms with Crippen LogP contribution in [-0.2, 0) is 0 Å². The lowest BCUT2D eigenvalue weighted by Crippen LogP contribution is -2.10. The van der Waals surface area contributed by atoms with Gasteiger partial charge in [-0.15, -0.1) is 0 Å². The highest BCUT2D eigenvalue weighted by molar-refractivity contribution is 6.15. The van der Waals surface area contributed by atoms with E-state index < -0.39 is 0 Å². The molecule has 0 N–H and O–H groups in total. The van der Waals surface area contributed by atoms with Crippen LogP contribution in [0.15, 0.2) is 197 Å². The molecular weight excluding hydrogens is 623 g/mol. The standard InChI is InChI=1S/C48H31NO2/c1-3-11-32(12-4-1)34-19-24-37(25-20-34)49(38-26-21-35(22-27-38)33-13-5-2-6-14-33)39-30-43(48-42-16-8-10-18-45(42)51-47(48)31-39)36-23-28-41-40-15-7-9-17-44(40)50-46(41)29-36/h1-31H. The number of anilines is 3. The minimum atomic E-state index is 0.834. The minimum Gasteiger partial charge on any atom is -0.456 e. The summed E-state index contributed by atoms with van der Waals surface area (Å²) >= 11 is 0. The summed E-state index contributed by atoms with van der Waals surface area (Å²) in [7, 11) is 0. The molecule has 0 radical (unpaired) electrons. The lowest BCUT2D eigenvalue weighted by Gasteiger charge is -2.26. The molecule has 51 heavy (non-hydrogen) atoms. The lowest BCUT2D eigenvalue weighted by atomic mass is 9.97. The fourth-order valence-electron chi connectivity index (χ4n) is 7.40. The molecule has 8 aromatic carbocycles. The number of hydrogen-bond donors (Lipinski definition) is 0. The van der Waals surface area contributed by atoms with E-state index >= 15 is 0 Å². The van der Waals surface area contributed by atoms with Crippen molar-refractivity contribution in [3.63, 3.8) is 0 Å². The number of benzene rings is 8. The number of nitrogens with zero attached hydrogens (tertiary/aromatic N) is 1. The van der Waals surface area contributed by atoms with Gasteiger partial charge in [0.2, 0.25) is 0 Å². The molecule has 3 heteroatoms. The first kappa shape index (κ1) is 29.1. The van der Waals surface area contributed by atoms with E-state index in [4.69, 9.17) is 8.83 Å². The Labute approximate surface area is 295 Å². The van der Waals surface area contributed by atoms with E-state index in [-0.39, 0.29) is 0 Å². The molecule has 0 aliphatic rings. The summed E-state index contributed by atoms with van der Waals surface area (Å²) in [5.74, 6) is 0. The van der Waals surface area contributed by atoms with E-state index in [9.17, 15) is 0 Å². The van der Waals surface area contributed by atoms with E-state index in [1.165, 1.54) is 22.3 Å². The van der Waals surface area contributed by atoms with Crippen LogP contribution in [0.25, 0.3) is 77.3 Å². The van der Waals surface area contributed by atoms with Gasteiger partial charge in [0.15, 0.2) is 0 Å². The maximum Gasteiger partial charge on any atom is 0.138 e. The molecule has 0 amide bonds. The van der Waals surface area contributed by atoms with E-state index in [0.717, 1.165) is 72.1 Å². The highest BCUT2D eigenvalue weighted by atomic mass is 16.3. The van der Waals surface area contributed by atoms with Crippen molar-refractivity contribution in [2.75, 3.05) is 4.90 Å². The second-order valence-corrected chi connectivity index (χ2v) is 12.9. The predicted octanol–water partition coefficient (Wildman–Crippen LogP) is 14.0. The average Bonchev–Trinajstić information content (AvgIpc) is 3.77. The van der Waals surface area contributed by atoms with Gasteiger partial charge in [0.1, 0.15) is 22.3 Å². The van der Waals surface area contributed by atoms with E-state index in [2.05, 4.69) is 169 Å². The number of furan rings is 2. The second-order valence-electron chi connectivity index (χ2n) is 12.9. The molecule has 10 aromatic rings. The summed E-state index contributed by atoms with van der Waals surface area (Å²) in [5.41, 5.74) is 13.4. The van der Waals surface area contributed by atoms with Crippen LogP contribution in [0.1, 0.15) is 0 Å². The monoisotopic (exact) mass is 653 g/mol. The van der Waals surface area contributed by atoms with Crippen molar-refractivity contribution >= 4 is 60.9 Å². The van der Waals surface area contributed by atoms with Crippen molar-refractivity contribution in [1.82, 2.24) is 0 Å². The highest BCUT2D eigenvalue weighted by Crippen LogP contribution is 2.45. The van der Waals surface area contributed by atoms with Gasteiger partial charge in [0.05, 0.1) is 5.69 Å². The molecule has 0 saturated heterocycles. The van der Waals surface area contributed by atoms with Crippen LogP contribution in [0.3, 0.4) is 0 Å². The van der Waals surface area contributed by atoms with Crippen LogP contribution in [0.2, 0.25) is 0 Å². The summed E-state index contributed by atoms with van der Waals surface area (Å²) in [4.78, 5) is 2.32. The Morgan fingerprint density at radius 1 is 0.294 bits per heavy atom. The first-order chi connectivity index (χ1) is 25.3. The van der Waals surface area contributed by atoms with Crippen molar-refractivity contribution in [2.24, 2.45) is 0 Å². The number of fused-ring (bicyclic) bond motifs is 6. The Balaban J connectivity index is 1.19. The van der Waals surface area contributed by atoms with Gasteiger partial charge in [-0.2, -0.15) is 0 Å². The van der Waals surface area contributed by atoms with Gasteiger partial charge < -0.3 is 13.7 Å². The van der Waals surface area contributed by atoms with Gasteiger partial charge in [0, 0.05) is 39.0 Å². The molecule has 0 bridgehead atoms. The van der Waals surface area contributed by atoms with Crippen LogP contribution >= 0.6 is 0 Å². The van der Waals surface area contributed by atoms with Gasteiger partial charge in [-0.05, 0) is 88.0 Å². The lowest BCUT2D eigenvalue weighted by molar-refractivity contribution is 0.668. The number of rotatable bonds is 6. The van der Waals surface area contributed by atoms with Crippen LogP contribution in [-0.4, -0.2) is 0 Å². The first-order valence-corrected chi connectivity index (χ1v) is 17.2. The average molecular weight is 654 g/mol. The maximum absolute atomic E-state index is 6.62. The van der Waals surface area contributed by atoms with Gasteiger partial charge in [-0.3, -0.25) is 0 Å². The molecule has 0 saturated carbocycles. The third-order valence-electron chi connectivity index (χ3n) is 9.88. The largest absolute Gasteiger partial charge is 0.456 e. The Kier molecular flexibility index (Phi) is 6.81. The molecule has 10 rings (SSSR count). The quantitative estimate of drug-likeness (QED) is 0.179. The summed E-state index contributed by atoms with van der Waals surface area (Å²) in [6, 6.07) is 66.2. The molecule has 0 atom stereocenters. The minimum absolute atomic E-state index is 0.834. The fourth-order valence-corrected chi connectivity index (χ4v) is 7.40. The zero-order chi connectivity index (χ0) is 33.7. The third-order valence-corrected chi connectivity index (χ3v) is 9.88. The molecule has 2 heterocycles. The summed E-state index contributed by atoms with van der Waals surface area (Å²) in [5, 5.41) is 4.40. The molecular formula is C48H31NO2. The van der Waals surface area contributed by atoms with Crippen molar-refractivity contribution in [2.45, 2.75) is 0 Å². The van der Waals surface area contributed by atoms with Gasteiger partial charge >= 0.3 is 0 Å². The van der Waals surface area contributed by atoms with Crippen LogP contribution in [0.5, 0.6) is 0 Å². The molecule has 0 spiro atoms. The molecule has 0 unspecified atom stereocenters. The maximum atomic E-state index is 6.62. The van der Waals surface area contributed by atoms with E-state index in [1.807, 2.05) is 24.3 Å². The van der Waals surface area contributed by atoms with Crippen LogP contribution in [0.4, 0.5) is 17.1 Å². The normalized spacial score (nSPS) is 11.5. The van der Waals surface area contributed by atoms with Crippen LogP contribution in [0, 0.1) is 0 Å². The van der Waals surface area contributed by atoms with Crippen molar-refractivity contribution in [3.8, 4) is 33.4 Å². The number of para-hydroxylation sites is 2. The van der Waals surface area contributed by atoms with Crippen molar-refractivity contribution in [3.05, 3.63) is 188 Å². The Bertz CT molecular complexity index is 2750. The Hall–Kier alpha value is -6.84. The predicted molar refractivity (Wildman–Crippen MR) is 212 cm³/mol. The smallest absolute Gasteiger partial charge is 0.138 e. The Morgan fingerprint density at radius 3 is 1.39 bits per heavy atom. The molecule has 0 aliphatic heterocycles. The Morgan fingerprint density at radius 2 is 0.765 bits per heavy atom. The zero-order valence-corrected chi connectivity index (χ0v) is 27.7. The molecule has 3 nitrogen and oxygen atoms in total. The van der Waals surface area contributed by atoms with Crippen LogP contribution < -0.4 is 4.90 Å². The number of hydrogen-bond acceptors (Lipinski definition) is 3. The molecule has 240 valence electrons. The third kappa shape index (κ3) is 5.06. The SMILES string of the molecule is c1ccc(-c2ccc(N(c3ccc(-c4ccccc4)cc3)c3cc(-c4ccc5c(c4)oc4ccccc45)c4c(c3)oc3ccccc34)cc2)cc1. The molecule has 0 aliphatic carbocycles. The van der Waals surface area contributed by atoms with Gasteiger partial charge in [-0.1, -0.05) is 127 Å². The highest BCUT2D eigenvalue weighted by Gasteiger charge is 2.20. The topological polar surface area (TPSA) is 29.5 Å². The first-order valence-electron chi connectivity index (χ1n) is 17.2. The summed E-state index contributed by atoms with van der Waals surface area (Å²) in [6.45, 7) is 0. The van der Waals surface area contributed by atoms with Crippen molar-refractivity contribution < 1.29 is 8.83 Å². The van der Waals surface area contributed by atoms with Gasteiger partial charge in [0.25, 0.3) is 0 Å². The fraction of sp³-hybridized carbons (Fsp3) is 0. The zero-order valence-electron chi connectivity index (χ0n) is 27.7. The summed E-state index contributed by atoms with van der Waals surface area (Å²) in [6.07, 6.45) is 0. The summed E-state index contributed by atoms with van der Waals surface area (Å²) < 4.78 is 13.0. The molecule has 0 fully saturated rings. The second kappa shape index (κ2) is 11.9.